The summed E-state index contributed by atoms with van der Waals surface area (Å²) >= 11 is 3.58. The molecule has 0 N–H and O–H groups in total. The Balaban J connectivity index is 0.000000218. The van der Waals surface area contributed by atoms with Gasteiger partial charge in [0.2, 0.25) is 0 Å². The second-order valence-electron chi connectivity index (χ2n) is 13.7. The zero-order chi connectivity index (χ0) is 30.3. The van der Waals surface area contributed by atoms with Gasteiger partial charge in [-0.1, -0.05) is 100 Å². The van der Waals surface area contributed by atoms with Crippen LogP contribution in [0.4, 0.5) is 0 Å². The molecule has 0 spiro atoms. The molecule has 220 valence electrons. The van der Waals surface area contributed by atoms with Gasteiger partial charge >= 0.3 is 0 Å². The molecule has 0 saturated heterocycles. The van der Waals surface area contributed by atoms with E-state index >= 15 is 0 Å². The normalized spacial score (nSPS) is 17.8. The van der Waals surface area contributed by atoms with Crippen LogP contribution in [0, 0.1) is 5.92 Å². The van der Waals surface area contributed by atoms with Crippen molar-refractivity contribution in [1.29, 1.82) is 0 Å². The molecule has 2 aliphatic carbocycles. The number of halogens is 1. The van der Waals surface area contributed by atoms with Crippen LogP contribution in [-0.4, -0.2) is 21.3 Å². The van der Waals surface area contributed by atoms with Gasteiger partial charge in [-0.05, 0) is 88.1 Å². The lowest BCUT2D eigenvalue weighted by Crippen LogP contribution is -2.16. The summed E-state index contributed by atoms with van der Waals surface area (Å²) in [7, 11) is 5.23. The second kappa shape index (κ2) is 12.0. The Morgan fingerprint density at radius 3 is 1.90 bits per heavy atom. The van der Waals surface area contributed by atoms with Gasteiger partial charge in [-0.15, -0.1) is 0 Å². The van der Waals surface area contributed by atoms with Crippen LogP contribution in [0.2, 0.25) is 0 Å². The van der Waals surface area contributed by atoms with E-state index in [9.17, 15) is 0 Å². The molecule has 41 heavy (non-hydrogen) atoms. The minimum Gasteiger partial charge on any atom is -0.496 e. The summed E-state index contributed by atoms with van der Waals surface area (Å²) < 4.78 is 17.7. The predicted octanol–water partition coefficient (Wildman–Crippen LogP) is 10.3. The van der Waals surface area contributed by atoms with E-state index in [0.29, 0.717) is 5.92 Å². The Bertz CT molecular complexity index is 1420. The van der Waals surface area contributed by atoms with Crippen molar-refractivity contribution in [2.24, 2.45) is 5.92 Å². The first-order chi connectivity index (χ1) is 19.2. The molecular formula is C37H47BrO3. The number of fused-ring (bicyclic) bond motifs is 2. The molecule has 3 aromatic rings. The fraction of sp³-hybridized carbons (Fsp3) is 0.459. The number of methoxy groups -OCH3 is 3. The number of hydrogen-bond acceptors (Lipinski definition) is 3. The zero-order valence-corrected chi connectivity index (χ0v) is 28.4. The fourth-order valence-corrected chi connectivity index (χ4v) is 6.55. The lowest BCUT2D eigenvalue weighted by atomic mass is 9.78. The standard InChI is InChI=1S/C25H32O.C12H15BrO2/c1-16-11-21-20(9-10-23(26-8)22(21)12-16)17-13-18(24(2,3)4)15-19(14-17)25(5,6)7;1-7-6-8-9(13)4-5-10(14-2)11(8)12(7)15-3/h9-10,12-15H,11H2,1-8H3;4-5,7,12H,6H2,1-3H3. The molecule has 2 atom stereocenters. The van der Waals surface area contributed by atoms with E-state index in [1.807, 2.05) is 12.1 Å². The Morgan fingerprint density at radius 2 is 1.37 bits per heavy atom. The second-order valence-corrected chi connectivity index (χ2v) is 14.5. The minimum absolute atomic E-state index is 0.125. The molecule has 0 fully saturated rings. The molecule has 0 aliphatic heterocycles. The average molecular weight is 620 g/mol. The molecule has 3 aromatic carbocycles. The van der Waals surface area contributed by atoms with Crippen molar-refractivity contribution in [2.75, 3.05) is 21.3 Å². The van der Waals surface area contributed by atoms with Gasteiger partial charge in [-0.25, -0.2) is 0 Å². The first-order valence-corrected chi connectivity index (χ1v) is 15.4. The van der Waals surface area contributed by atoms with Gasteiger partial charge in [0.25, 0.3) is 0 Å². The SMILES string of the molecule is COc1ccc(-c2cc(C(C)(C)C)cc(C(C)(C)C)c2)c2c1C=C(C)C2.COc1ccc(Br)c2c1C(OC)C(C)C2. The van der Waals surface area contributed by atoms with Crippen LogP contribution < -0.4 is 9.47 Å². The first kappa shape index (κ1) is 31.4. The van der Waals surface area contributed by atoms with E-state index in [1.54, 1.807) is 21.3 Å². The van der Waals surface area contributed by atoms with Crippen molar-refractivity contribution >= 4 is 22.0 Å². The van der Waals surface area contributed by atoms with Crippen molar-refractivity contribution in [2.45, 2.75) is 85.2 Å². The van der Waals surface area contributed by atoms with E-state index in [4.69, 9.17) is 14.2 Å². The summed E-state index contributed by atoms with van der Waals surface area (Å²) in [6.07, 6.45) is 4.49. The van der Waals surface area contributed by atoms with Crippen LogP contribution in [0.1, 0.15) is 94.9 Å². The third-order valence-electron chi connectivity index (χ3n) is 8.42. The number of allylic oxidation sites excluding steroid dienone is 1. The fourth-order valence-electron chi connectivity index (χ4n) is 6.04. The topological polar surface area (TPSA) is 27.7 Å². The summed E-state index contributed by atoms with van der Waals surface area (Å²) in [5.41, 5.74) is 12.3. The summed E-state index contributed by atoms with van der Waals surface area (Å²) in [6.45, 7) is 18.2. The molecule has 2 unspecified atom stereocenters. The molecule has 0 amide bonds. The summed E-state index contributed by atoms with van der Waals surface area (Å²) in [5, 5.41) is 0. The minimum atomic E-state index is 0.125. The van der Waals surface area contributed by atoms with Crippen molar-refractivity contribution < 1.29 is 14.2 Å². The van der Waals surface area contributed by atoms with E-state index < -0.39 is 0 Å². The van der Waals surface area contributed by atoms with Crippen molar-refractivity contribution in [1.82, 2.24) is 0 Å². The molecular weight excluding hydrogens is 572 g/mol. The molecule has 4 heteroatoms. The van der Waals surface area contributed by atoms with Crippen LogP contribution in [0.3, 0.4) is 0 Å². The van der Waals surface area contributed by atoms with Crippen LogP contribution in [0.5, 0.6) is 11.5 Å². The zero-order valence-electron chi connectivity index (χ0n) is 26.8. The maximum atomic E-state index is 5.61. The molecule has 0 saturated carbocycles. The van der Waals surface area contributed by atoms with Crippen molar-refractivity contribution in [3.05, 3.63) is 85.9 Å². The van der Waals surface area contributed by atoms with Crippen molar-refractivity contribution in [3.63, 3.8) is 0 Å². The molecule has 3 nitrogen and oxygen atoms in total. The monoisotopic (exact) mass is 618 g/mol. The first-order valence-electron chi connectivity index (χ1n) is 14.6. The van der Waals surface area contributed by atoms with Crippen LogP contribution in [0.15, 0.2) is 52.5 Å². The molecule has 2 aliphatic rings. The maximum Gasteiger partial charge on any atom is 0.126 e. The number of ether oxygens (including phenoxy) is 3. The van der Waals surface area contributed by atoms with Gasteiger partial charge in [0.15, 0.2) is 0 Å². The highest BCUT2D eigenvalue weighted by molar-refractivity contribution is 9.10. The Hall–Kier alpha value is -2.56. The van der Waals surface area contributed by atoms with Crippen LogP contribution in [0.25, 0.3) is 17.2 Å². The van der Waals surface area contributed by atoms with Gasteiger partial charge in [-0.2, -0.15) is 0 Å². The molecule has 0 aromatic heterocycles. The Labute approximate surface area is 256 Å². The highest BCUT2D eigenvalue weighted by Crippen LogP contribution is 2.46. The molecule has 0 bridgehead atoms. The summed E-state index contributed by atoms with van der Waals surface area (Å²) in [5.74, 6) is 2.42. The smallest absolute Gasteiger partial charge is 0.126 e. The molecule has 5 rings (SSSR count). The Morgan fingerprint density at radius 1 is 0.780 bits per heavy atom. The summed E-state index contributed by atoms with van der Waals surface area (Å²) in [6, 6.07) is 15.5. The van der Waals surface area contributed by atoms with E-state index in [1.165, 1.54) is 50.1 Å². The van der Waals surface area contributed by atoms with Gasteiger partial charge in [0.1, 0.15) is 11.5 Å². The van der Waals surface area contributed by atoms with E-state index in [-0.39, 0.29) is 16.9 Å². The van der Waals surface area contributed by atoms with Crippen LogP contribution in [-0.2, 0) is 28.4 Å². The molecule has 0 heterocycles. The van der Waals surface area contributed by atoms with Gasteiger partial charge in [0.05, 0.1) is 20.3 Å². The molecule has 0 radical (unpaired) electrons. The Kier molecular flexibility index (Phi) is 9.16. The average Bonchev–Trinajstić information content (AvgIpc) is 3.47. The number of hydrogen-bond donors (Lipinski definition) is 0. The highest BCUT2D eigenvalue weighted by Gasteiger charge is 2.33. The highest BCUT2D eigenvalue weighted by atomic mass is 79.9. The predicted molar refractivity (Wildman–Crippen MR) is 176 cm³/mol. The lowest BCUT2D eigenvalue weighted by molar-refractivity contribution is 0.0677. The van der Waals surface area contributed by atoms with Gasteiger partial charge < -0.3 is 14.2 Å². The quantitative estimate of drug-likeness (QED) is 0.291. The largest absolute Gasteiger partial charge is 0.496 e. The number of rotatable bonds is 4. The maximum absolute atomic E-state index is 5.61. The van der Waals surface area contributed by atoms with Crippen LogP contribution >= 0.6 is 15.9 Å². The van der Waals surface area contributed by atoms with Gasteiger partial charge in [-0.3, -0.25) is 0 Å². The lowest BCUT2D eigenvalue weighted by Gasteiger charge is -2.27. The summed E-state index contributed by atoms with van der Waals surface area (Å²) in [4.78, 5) is 0. The van der Waals surface area contributed by atoms with Gasteiger partial charge in [0, 0.05) is 22.7 Å². The van der Waals surface area contributed by atoms with Crippen molar-refractivity contribution in [3.8, 4) is 22.6 Å². The third-order valence-corrected chi connectivity index (χ3v) is 9.16. The van der Waals surface area contributed by atoms with E-state index in [0.717, 1.165) is 28.8 Å². The number of benzene rings is 3. The van der Waals surface area contributed by atoms with E-state index in [2.05, 4.69) is 108 Å². The third kappa shape index (κ3) is 6.44.